The van der Waals surface area contributed by atoms with Crippen LogP contribution in [0.3, 0.4) is 0 Å². The lowest BCUT2D eigenvalue weighted by atomic mass is 10.2. The number of carbonyl (C=O) groups is 1. The highest BCUT2D eigenvalue weighted by Gasteiger charge is 2.55. The van der Waals surface area contributed by atoms with E-state index in [1.54, 1.807) is 0 Å². The topological polar surface area (TPSA) is 54.0 Å². The molecular weight excluding hydrogens is 200 g/mol. The SMILES string of the molecule is CC(=O)OC1O[C@H](C)[C@H]2OC(C)(C)OC12. The third-order valence-electron chi connectivity index (χ3n) is 2.53. The first kappa shape index (κ1) is 10.9. The van der Waals surface area contributed by atoms with Crippen LogP contribution in [-0.4, -0.2) is 36.4 Å². The van der Waals surface area contributed by atoms with Crippen LogP contribution in [0.5, 0.6) is 0 Å². The molecule has 2 rings (SSSR count). The fourth-order valence-corrected chi connectivity index (χ4v) is 2.02. The Labute approximate surface area is 88.6 Å². The zero-order valence-electron chi connectivity index (χ0n) is 9.35. The lowest BCUT2D eigenvalue weighted by Crippen LogP contribution is -2.32. The smallest absolute Gasteiger partial charge is 0.305 e. The lowest BCUT2D eigenvalue weighted by molar-refractivity contribution is -0.229. The summed E-state index contributed by atoms with van der Waals surface area (Å²) in [5.41, 5.74) is 0. The van der Waals surface area contributed by atoms with Crippen molar-refractivity contribution in [2.24, 2.45) is 0 Å². The fraction of sp³-hybridized carbons (Fsp3) is 0.900. The summed E-state index contributed by atoms with van der Waals surface area (Å²) in [6.07, 6.45) is -1.26. The molecule has 5 heteroatoms. The molecule has 0 N–H and O–H groups in total. The van der Waals surface area contributed by atoms with E-state index in [4.69, 9.17) is 18.9 Å². The molecular formula is C10H16O5. The van der Waals surface area contributed by atoms with Crippen LogP contribution in [0.4, 0.5) is 0 Å². The predicted octanol–water partition coefficient (Wildman–Crippen LogP) is 0.814. The highest BCUT2D eigenvalue weighted by molar-refractivity contribution is 5.66. The number of ether oxygens (including phenoxy) is 4. The van der Waals surface area contributed by atoms with E-state index in [1.165, 1.54) is 6.92 Å². The fourth-order valence-electron chi connectivity index (χ4n) is 2.02. The van der Waals surface area contributed by atoms with Gasteiger partial charge in [0.25, 0.3) is 0 Å². The molecule has 0 aliphatic carbocycles. The number of carbonyl (C=O) groups excluding carboxylic acids is 1. The summed E-state index contributed by atoms with van der Waals surface area (Å²) in [6, 6.07) is 0. The highest BCUT2D eigenvalue weighted by atomic mass is 16.8. The van der Waals surface area contributed by atoms with Crippen LogP contribution in [0.2, 0.25) is 0 Å². The van der Waals surface area contributed by atoms with E-state index >= 15 is 0 Å². The molecule has 2 aliphatic rings. The van der Waals surface area contributed by atoms with Gasteiger partial charge in [0.2, 0.25) is 6.29 Å². The summed E-state index contributed by atoms with van der Waals surface area (Å²) in [5.74, 6) is -1.01. The van der Waals surface area contributed by atoms with Crippen molar-refractivity contribution in [2.75, 3.05) is 0 Å². The number of hydrogen-bond acceptors (Lipinski definition) is 5. The van der Waals surface area contributed by atoms with E-state index in [2.05, 4.69) is 0 Å². The van der Waals surface area contributed by atoms with Gasteiger partial charge in [0.1, 0.15) is 6.10 Å². The van der Waals surface area contributed by atoms with Gasteiger partial charge in [-0.2, -0.15) is 0 Å². The van der Waals surface area contributed by atoms with Crippen LogP contribution in [0, 0.1) is 0 Å². The Morgan fingerprint density at radius 2 is 1.87 bits per heavy atom. The Hall–Kier alpha value is -0.650. The lowest BCUT2D eigenvalue weighted by Gasteiger charge is -2.22. The third-order valence-corrected chi connectivity index (χ3v) is 2.53. The first-order valence-electron chi connectivity index (χ1n) is 5.07. The third kappa shape index (κ3) is 2.00. The van der Waals surface area contributed by atoms with Crippen LogP contribution >= 0.6 is 0 Å². The Morgan fingerprint density at radius 1 is 1.27 bits per heavy atom. The first-order chi connectivity index (χ1) is 6.89. The number of hydrogen-bond donors (Lipinski definition) is 0. The Morgan fingerprint density at radius 3 is 2.47 bits per heavy atom. The molecule has 15 heavy (non-hydrogen) atoms. The maximum Gasteiger partial charge on any atom is 0.305 e. The second kappa shape index (κ2) is 3.43. The van der Waals surface area contributed by atoms with Crippen molar-refractivity contribution in [3.05, 3.63) is 0 Å². The molecule has 0 saturated carbocycles. The van der Waals surface area contributed by atoms with Gasteiger partial charge in [0, 0.05) is 6.92 Å². The van der Waals surface area contributed by atoms with Gasteiger partial charge in [0.15, 0.2) is 11.9 Å². The van der Waals surface area contributed by atoms with Crippen molar-refractivity contribution in [1.29, 1.82) is 0 Å². The van der Waals surface area contributed by atoms with Gasteiger partial charge in [-0.15, -0.1) is 0 Å². The number of rotatable bonds is 1. The zero-order valence-corrected chi connectivity index (χ0v) is 9.35. The quantitative estimate of drug-likeness (QED) is 0.607. The highest BCUT2D eigenvalue weighted by Crippen LogP contribution is 2.38. The summed E-state index contributed by atoms with van der Waals surface area (Å²) < 4.78 is 21.8. The van der Waals surface area contributed by atoms with Gasteiger partial charge in [-0.25, -0.2) is 0 Å². The molecule has 0 aromatic rings. The molecule has 2 unspecified atom stereocenters. The molecule has 0 aromatic heterocycles. The minimum atomic E-state index is -0.649. The van der Waals surface area contributed by atoms with E-state index in [-0.39, 0.29) is 24.3 Å². The van der Waals surface area contributed by atoms with Crippen molar-refractivity contribution in [2.45, 2.75) is 58.1 Å². The van der Waals surface area contributed by atoms with Crippen LogP contribution in [0.1, 0.15) is 27.7 Å². The van der Waals surface area contributed by atoms with Gasteiger partial charge >= 0.3 is 5.97 Å². The molecule has 0 amide bonds. The molecule has 2 saturated heterocycles. The predicted molar refractivity (Wildman–Crippen MR) is 49.9 cm³/mol. The maximum absolute atomic E-state index is 10.9. The van der Waals surface area contributed by atoms with Crippen molar-refractivity contribution in [1.82, 2.24) is 0 Å². The minimum Gasteiger partial charge on any atom is -0.433 e. The molecule has 86 valence electrons. The van der Waals surface area contributed by atoms with Gasteiger partial charge < -0.3 is 18.9 Å². The summed E-state index contributed by atoms with van der Waals surface area (Å²) in [6.45, 7) is 6.90. The van der Waals surface area contributed by atoms with Crippen molar-refractivity contribution in [3.63, 3.8) is 0 Å². The average molecular weight is 216 g/mol. The Balaban J connectivity index is 2.09. The molecule has 0 bridgehead atoms. The van der Waals surface area contributed by atoms with E-state index < -0.39 is 12.1 Å². The van der Waals surface area contributed by atoms with Crippen molar-refractivity contribution in [3.8, 4) is 0 Å². The minimum absolute atomic E-state index is 0.124. The summed E-state index contributed by atoms with van der Waals surface area (Å²) in [7, 11) is 0. The van der Waals surface area contributed by atoms with Crippen molar-refractivity contribution >= 4 is 5.97 Å². The molecule has 0 spiro atoms. The summed E-state index contributed by atoms with van der Waals surface area (Å²) in [4.78, 5) is 10.9. The molecule has 4 atom stereocenters. The Bertz CT molecular complexity index is 275. The number of esters is 1. The van der Waals surface area contributed by atoms with E-state index in [1.807, 2.05) is 20.8 Å². The molecule has 5 nitrogen and oxygen atoms in total. The van der Waals surface area contributed by atoms with E-state index in [0.29, 0.717) is 0 Å². The monoisotopic (exact) mass is 216 g/mol. The van der Waals surface area contributed by atoms with Gasteiger partial charge in [-0.3, -0.25) is 4.79 Å². The van der Waals surface area contributed by atoms with Crippen LogP contribution in [-0.2, 0) is 23.7 Å². The largest absolute Gasteiger partial charge is 0.433 e. The standard InChI is InChI=1S/C10H16O5/c1-5-7-8(15-10(3,4)14-7)9(12-5)13-6(2)11/h5,7-9H,1-4H3/t5-,7-,8?,9?/m1/s1. The van der Waals surface area contributed by atoms with Gasteiger partial charge in [0.05, 0.1) is 6.10 Å². The Kier molecular flexibility index (Phi) is 2.48. The zero-order chi connectivity index (χ0) is 11.2. The molecule has 0 aromatic carbocycles. The van der Waals surface area contributed by atoms with Crippen molar-refractivity contribution < 1.29 is 23.7 Å². The first-order valence-corrected chi connectivity index (χ1v) is 5.07. The summed E-state index contributed by atoms with van der Waals surface area (Å²) in [5, 5.41) is 0. The van der Waals surface area contributed by atoms with E-state index in [9.17, 15) is 4.79 Å². The van der Waals surface area contributed by atoms with E-state index in [0.717, 1.165) is 0 Å². The van der Waals surface area contributed by atoms with Crippen LogP contribution in [0.25, 0.3) is 0 Å². The molecule has 2 fully saturated rings. The molecule has 2 heterocycles. The number of fused-ring (bicyclic) bond motifs is 1. The molecule has 2 aliphatic heterocycles. The maximum atomic E-state index is 10.9. The van der Waals surface area contributed by atoms with Crippen LogP contribution in [0.15, 0.2) is 0 Å². The average Bonchev–Trinajstić information content (AvgIpc) is 2.49. The summed E-state index contributed by atoms with van der Waals surface area (Å²) >= 11 is 0. The van der Waals surface area contributed by atoms with Crippen LogP contribution < -0.4 is 0 Å². The second-order valence-electron chi connectivity index (χ2n) is 4.38. The normalized spacial score (nSPS) is 42.7. The van der Waals surface area contributed by atoms with Gasteiger partial charge in [-0.05, 0) is 20.8 Å². The second-order valence-corrected chi connectivity index (χ2v) is 4.38. The van der Waals surface area contributed by atoms with Gasteiger partial charge in [-0.1, -0.05) is 0 Å². The molecule has 0 radical (unpaired) electrons.